The van der Waals surface area contributed by atoms with E-state index in [1.54, 1.807) is 31.2 Å². The van der Waals surface area contributed by atoms with Gasteiger partial charge in [0.2, 0.25) is 0 Å². The number of fused-ring (bicyclic) bond motifs is 1. The number of rotatable bonds is 1. The Bertz CT molecular complexity index is 556. The average Bonchev–Trinajstić information content (AvgIpc) is 2.46. The van der Waals surface area contributed by atoms with Crippen LogP contribution in [0.1, 0.15) is 18.1 Å². The fraction of sp³-hybridized carbons (Fsp3) is 0.0909. The van der Waals surface area contributed by atoms with E-state index in [2.05, 4.69) is 11.3 Å². The Kier molecular flexibility index (Phi) is 2.16. The van der Waals surface area contributed by atoms with Crippen molar-refractivity contribution in [3.05, 3.63) is 42.0 Å². The molecule has 2 rings (SSSR count). The molecule has 0 amide bonds. The molecule has 78 valence electrons. The monoisotopic (exact) mass is 221 g/mol. The molecule has 0 aliphatic carbocycles. The molecule has 3 nitrogen and oxygen atoms in total. The molecule has 1 heterocycles. The highest BCUT2D eigenvalue weighted by molar-refractivity contribution is 8.02. The number of anilines is 1. The largest absolute Gasteiger partial charge is 0.279 e. The molecule has 1 aromatic rings. The third-order valence-electron chi connectivity index (χ3n) is 2.36. The van der Waals surface area contributed by atoms with Crippen LogP contribution in [0, 0.1) is 0 Å². The van der Waals surface area contributed by atoms with Crippen molar-refractivity contribution in [2.24, 2.45) is 0 Å². The van der Waals surface area contributed by atoms with Crippen molar-refractivity contribution in [1.29, 1.82) is 0 Å². The Balaban J connectivity index is 2.81. The molecule has 1 N–H and O–H groups in total. The standard InChI is InChI=1S/C11H11NO2S/c1-3-8-6-5-7-9-11(8)10(4-2)15(13,14)12-9/h3-7,12H,1H2,2H3/b10-4+. The van der Waals surface area contributed by atoms with Gasteiger partial charge >= 0.3 is 0 Å². The average molecular weight is 221 g/mol. The van der Waals surface area contributed by atoms with Crippen molar-refractivity contribution in [2.75, 3.05) is 4.72 Å². The van der Waals surface area contributed by atoms with Gasteiger partial charge in [-0.3, -0.25) is 4.72 Å². The number of hydrogen-bond acceptors (Lipinski definition) is 2. The fourth-order valence-corrected chi connectivity index (χ4v) is 3.11. The van der Waals surface area contributed by atoms with Crippen molar-refractivity contribution < 1.29 is 8.42 Å². The molecule has 0 bridgehead atoms. The molecule has 1 aliphatic rings. The van der Waals surface area contributed by atoms with Crippen LogP contribution in [0.3, 0.4) is 0 Å². The SMILES string of the molecule is C=Cc1cccc2c1/C(=C\C)S(=O)(=O)N2. The van der Waals surface area contributed by atoms with E-state index in [-0.39, 0.29) is 0 Å². The zero-order valence-corrected chi connectivity index (χ0v) is 9.14. The Labute approximate surface area is 89.2 Å². The maximum Gasteiger partial charge on any atom is 0.262 e. The molecule has 4 heteroatoms. The summed E-state index contributed by atoms with van der Waals surface area (Å²) in [6.45, 7) is 5.39. The van der Waals surface area contributed by atoms with Crippen LogP contribution in [0.2, 0.25) is 0 Å². The zero-order valence-electron chi connectivity index (χ0n) is 8.32. The first-order chi connectivity index (χ1) is 7.10. The Hall–Kier alpha value is -1.55. The van der Waals surface area contributed by atoms with Gasteiger partial charge in [0.1, 0.15) is 0 Å². The van der Waals surface area contributed by atoms with Crippen molar-refractivity contribution in [1.82, 2.24) is 0 Å². The lowest BCUT2D eigenvalue weighted by molar-refractivity contribution is 0.611. The molecule has 1 aliphatic heterocycles. The van der Waals surface area contributed by atoms with E-state index in [0.717, 1.165) is 11.1 Å². The van der Waals surface area contributed by atoms with Crippen LogP contribution in [-0.4, -0.2) is 8.42 Å². The van der Waals surface area contributed by atoms with E-state index < -0.39 is 10.0 Å². The van der Waals surface area contributed by atoms with Crippen molar-refractivity contribution in [2.45, 2.75) is 6.92 Å². The van der Waals surface area contributed by atoms with Crippen LogP contribution in [0.15, 0.2) is 30.9 Å². The van der Waals surface area contributed by atoms with Gasteiger partial charge in [-0.15, -0.1) is 0 Å². The first-order valence-corrected chi connectivity index (χ1v) is 6.03. The summed E-state index contributed by atoms with van der Waals surface area (Å²) in [6, 6.07) is 5.39. The van der Waals surface area contributed by atoms with Crippen LogP contribution in [0.4, 0.5) is 5.69 Å². The van der Waals surface area contributed by atoms with E-state index in [0.29, 0.717) is 10.6 Å². The number of allylic oxidation sites excluding steroid dienone is 1. The molecule has 0 atom stereocenters. The van der Waals surface area contributed by atoms with E-state index >= 15 is 0 Å². The van der Waals surface area contributed by atoms with Crippen molar-refractivity contribution in [3.63, 3.8) is 0 Å². The zero-order chi connectivity index (χ0) is 11.1. The second kappa shape index (κ2) is 3.24. The van der Waals surface area contributed by atoms with Gasteiger partial charge in [0, 0.05) is 5.56 Å². The first kappa shape index (κ1) is 9.98. The lowest BCUT2D eigenvalue weighted by Gasteiger charge is -2.01. The molecule has 1 aromatic carbocycles. The van der Waals surface area contributed by atoms with E-state index in [1.165, 1.54) is 0 Å². The van der Waals surface area contributed by atoms with Gasteiger partial charge in [-0.1, -0.05) is 30.9 Å². The quantitative estimate of drug-likeness (QED) is 0.791. The summed E-state index contributed by atoms with van der Waals surface area (Å²) in [7, 11) is -3.37. The summed E-state index contributed by atoms with van der Waals surface area (Å²) in [5.41, 5.74) is 2.17. The lowest BCUT2D eigenvalue weighted by atomic mass is 10.1. The van der Waals surface area contributed by atoms with Gasteiger partial charge in [0.15, 0.2) is 0 Å². The van der Waals surface area contributed by atoms with Crippen LogP contribution in [0.25, 0.3) is 11.0 Å². The van der Waals surface area contributed by atoms with Gasteiger partial charge in [0.25, 0.3) is 10.0 Å². The third kappa shape index (κ3) is 1.37. The Morgan fingerprint density at radius 1 is 1.40 bits per heavy atom. The van der Waals surface area contributed by atoms with Gasteiger partial charge in [-0.25, -0.2) is 8.42 Å². The minimum absolute atomic E-state index is 0.327. The molecule has 0 unspecified atom stereocenters. The number of hydrogen-bond donors (Lipinski definition) is 1. The normalized spacial score (nSPS) is 19.7. The Morgan fingerprint density at radius 3 is 2.73 bits per heavy atom. The second-order valence-electron chi connectivity index (χ2n) is 3.23. The summed E-state index contributed by atoms with van der Waals surface area (Å²) in [6.07, 6.45) is 3.26. The summed E-state index contributed by atoms with van der Waals surface area (Å²) in [5.74, 6) is 0. The van der Waals surface area contributed by atoms with Gasteiger partial charge in [-0.05, 0) is 18.6 Å². The predicted octanol–water partition coefficient (Wildman–Crippen LogP) is 2.45. The summed E-state index contributed by atoms with van der Waals surface area (Å²) >= 11 is 0. The second-order valence-corrected chi connectivity index (χ2v) is 4.88. The van der Waals surface area contributed by atoms with E-state index in [1.807, 2.05) is 6.07 Å². The molecule has 0 radical (unpaired) electrons. The highest BCUT2D eigenvalue weighted by atomic mass is 32.2. The number of benzene rings is 1. The summed E-state index contributed by atoms with van der Waals surface area (Å²) in [5, 5.41) is 0. The van der Waals surface area contributed by atoms with E-state index in [4.69, 9.17) is 0 Å². The molecule has 0 fully saturated rings. The third-order valence-corrected chi connectivity index (χ3v) is 3.87. The number of sulfonamides is 1. The minimum atomic E-state index is -3.37. The van der Waals surface area contributed by atoms with Gasteiger partial charge < -0.3 is 0 Å². The van der Waals surface area contributed by atoms with E-state index in [9.17, 15) is 8.42 Å². The first-order valence-electron chi connectivity index (χ1n) is 4.55. The highest BCUT2D eigenvalue weighted by Crippen LogP contribution is 2.39. The van der Waals surface area contributed by atoms with Crippen molar-refractivity contribution in [3.8, 4) is 0 Å². The predicted molar refractivity (Wildman–Crippen MR) is 62.7 cm³/mol. The van der Waals surface area contributed by atoms with Crippen LogP contribution in [-0.2, 0) is 10.0 Å². The highest BCUT2D eigenvalue weighted by Gasteiger charge is 2.30. The smallest absolute Gasteiger partial charge is 0.262 e. The summed E-state index contributed by atoms with van der Waals surface area (Å²) < 4.78 is 25.9. The molecule has 15 heavy (non-hydrogen) atoms. The molecular weight excluding hydrogens is 210 g/mol. The minimum Gasteiger partial charge on any atom is -0.279 e. The topological polar surface area (TPSA) is 46.2 Å². The van der Waals surface area contributed by atoms with Gasteiger partial charge in [0.05, 0.1) is 10.6 Å². The summed E-state index contributed by atoms with van der Waals surface area (Å²) in [4.78, 5) is 0.327. The van der Waals surface area contributed by atoms with Crippen molar-refractivity contribution >= 4 is 26.7 Å². The fourth-order valence-electron chi connectivity index (χ4n) is 1.73. The van der Waals surface area contributed by atoms with Gasteiger partial charge in [-0.2, -0.15) is 0 Å². The maximum absolute atomic E-state index is 11.7. The molecule has 0 saturated heterocycles. The lowest BCUT2D eigenvalue weighted by Crippen LogP contribution is -2.04. The number of nitrogens with one attached hydrogen (secondary N) is 1. The molecule has 0 spiro atoms. The van der Waals surface area contributed by atoms with Crippen LogP contribution >= 0.6 is 0 Å². The molecule has 0 aromatic heterocycles. The van der Waals surface area contributed by atoms with Crippen LogP contribution in [0.5, 0.6) is 0 Å². The maximum atomic E-state index is 11.7. The molecule has 0 saturated carbocycles. The molecular formula is C11H11NO2S. The Morgan fingerprint density at radius 2 is 2.13 bits per heavy atom. The van der Waals surface area contributed by atoms with Crippen LogP contribution < -0.4 is 4.72 Å².